The Balaban J connectivity index is 2.10. The zero-order valence-corrected chi connectivity index (χ0v) is 11.4. The fourth-order valence-corrected chi connectivity index (χ4v) is 2.99. The van der Waals surface area contributed by atoms with E-state index in [1.807, 2.05) is 31.2 Å². The highest BCUT2D eigenvalue weighted by Gasteiger charge is 2.42. The van der Waals surface area contributed by atoms with Gasteiger partial charge in [0.15, 0.2) is 0 Å². The Bertz CT molecular complexity index is 662. The second kappa shape index (κ2) is 4.93. The van der Waals surface area contributed by atoms with Crippen LogP contribution in [0.1, 0.15) is 30.3 Å². The Kier molecular flexibility index (Phi) is 3.25. The number of nitrogens with zero attached hydrogens (tertiary/aromatic N) is 1. The summed E-state index contributed by atoms with van der Waals surface area (Å²) in [6.45, 7) is 2.86. The molecule has 1 aromatic heterocycles. The lowest BCUT2D eigenvalue weighted by atomic mass is 9.73. The van der Waals surface area contributed by atoms with E-state index in [-0.39, 0.29) is 0 Å². The number of para-hydroxylation sites is 1. The maximum atomic E-state index is 10.8. The first-order valence-corrected chi connectivity index (χ1v) is 6.83. The van der Waals surface area contributed by atoms with Crippen molar-refractivity contribution < 1.29 is 14.3 Å². The predicted octanol–water partition coefficient (Wildman–Crippen LogP) is 3.10. The van der Waals surface area contributed by atoms with Crippen LogP contribution in [0.5, 0.6) is 0 Å². The Morgan fingerprint density at radius 1 is 1.30 bits per heavy atom. The highest BCUT2D eigenvalue weighted by molar-refractivity contribution is 5.82. The van der Waals surface area contributed by atoms with Gasteiger partial charge < -0.3 is 14.3 Å². The molecular weight excluding hydrogens is 254 g/mol. The van der Waals surface area contributed by atoms with Gasteiger partial charge in [0.2, 0.25) is 0 Å². The molecule has 2 aromatic rings. The number of aryl methyl sites for hydroxylation is 1. The molecule has 1 N–H and O–H groups in total. The van der Waals surface area contributed by atoms with Gasteiger partial charge in [0.05, 0.1) is 11.5 Å². The fourth-order valence-electron chi connectivity index (χ4n) is 2.99. The molecule has 0 aliphatic carbocycles. The van der Waals surface area contributed by atoms with E-state index in [1.165, 1.54) is 0 Å². The normalized spacial score (nSPS) is 19.6. The first-order chi connectivity index (χ1) is 9.68. The lowest BCUT2D eigenvalue weighted by molar-refractivity contribution is -0.0310. The minimum Gasteiger partial charge on any atom is -0.461 e. The third-order valence-electron chi connectivity index (χ3n) is 4.22. The molecule has 20 heavy (non-hydrogen) atoms. The molecule has 1 aliphatic rings. The summed E-state index contributed by atoms with van der Waals surface area (Å²) in [6, 6.07) is 9.94. The number of nitriles is 1. The van der Waals surface area contributed by atoms with Crippen LogP contribution in [0.2, 0.25) is 0 Å². The monoisotopic (exact) mass is 271 g/mol. The molecule has 1 aliphatic heterocycles. The molecule has 4 nitrogen and oxygen atoms in total. The largest absolute Gasteiger partial charge is 0.461 e. The molecule has 1 aromatic carbocycles. The molecule has 0 bridgehead atoms. The third-order valence-corrected chi connectivity index (χ3v) is 4.22. The third kappa shape index (κ3) is 1.91. The van der Waals surface area contributed by atoms with Gasteiger partial charge in [0.1, 0.15) is 17.4 Å². The van der Waals surface area contributed by atoms with Crippen LogP contribution >= 0.6 is 0 Å². The number of ether oxygens (including phenoxy) is 1. The first kappa shape index (κ1) is 13.2. The van der Waals surface area contributed by atoms with E-state index in [2.05, 4.69) is 6.07 Å². The Morgan fingerprint density at radius 2 is 2.00 bits per heavy atom. The number of fused-ring (bicyclic) bond motifs is 1. The van der Waals surface area contributed by atoms with Crippen LogP contribution in [0.15, 0.2) is 28.7 Å². The molecule has 2 heterocycles. The van der Waals surface area contributed by atoms with Crippen LogP contribution in [-0.2, 0) is 4.74 Å². The second-order valence-electron chi connectivity index (χ2n) is 5.35. The molecule has 0 amide bonds. The Hall–Kier alpha value is -1.83. The van der Waals surface area contributed by atoms with Gasteiger partial charge in [0, 0.05) is 24.2 Å². The number of hydrogen-bond donors (Lipinski definition) is 1. The lowest BCUT2D eigenvalue weighted by Crippen LogP contribution is -2.34. The van der Waals surface area contributed by atoms with Crippen molar-refractivity contribution in [3.63, 3.8) is 0 Å². The second-order valence-corrected chi connectivity index (χ2v) is 5.35. The molecule has 0 saturated carbocycles. The standard InChI is InChI=1S/C16H17NO3/c1-11-14(12-4-2-3-5-13(12)20-11)15(18)16(10-17)6-8-19-9-7-16/h2-5,15,18H,6-9H2,1H3. The number of benzene rings is 1. The molecule has 3 rings (SSSR count). The van der Waals surface area contributed by atoms with Crippen LogP contribution in [0.25, 0.3) is 11.0 Å². The molecule has 1 fully saturated rings. The maximum Gasteiger partial charge on any atom is 0.134 e. The number of rotatable bonds is 2. The van der Waals surface area contributed by atoms with Crippen LogP contribution in [0.4, 0.5) is 0 Å². The van der Waals surface area contributed by atoms with E-state index in [4.69, 9.17) is 9.15 Å². The minimum atomic E-state index is -0.847. The molecule has 1 atom stereocenters. The molecular formula is C16H17NO3. The number of hydrogen-bond acceptors (Lipinski definition) is 4. The van der Waals surface area contributed by atoms with Gasteiger partial charge in [-0.05, 0) is 25.8 Å². The Labute approximate surface area is 117 Å². The molecule has 1 saturated heterocycles. The minimum absolute atomic E-state index is 0.513. The van der Waals surface area contributed by atoms with Crippen molar-refractivity contribution in [1.82, 2.24) is 0 Å². The zero-order valence-electron chi connectivity index (χ0n) is 11.4. The summed E-state index contributed by atoms with van der Waals surface area (Å²) in [5.74, 6) is 0.680. The van der Waals surface area contributed by atoms with Gasteiger partial charge in [-0.2, -0.15) is 5.26 Å². The zero-order chi connectivity index (χ0) is 14.2. The first-order valence-electron chi connectivity index (χ1n) is 6.83. The van der Waals surface area contributed by atoms with Crippen LogP contribution in [0, 0.1) is 23.7 Å². The average molecular weight is 271 g/mol. The van der Waals surface area contributed by atoms with Crippen molar-refractivity contribution in [2.24, 2.45) is 5.41 Å². The smallest absolute Gasteiger partial charge is 0.134 e. The summed E-state index contributed by atoms with van der Waals surface area (Å²) in [6.07, 6.45) is 0.243. The van der Waals surface area contributed by atoms with Crippen molar-refractivity contribution in [2.45, 2.75) is 25.9 Å². The summed E-state index contributed by atoms with van der Waals surface area (Å²) in [7, 11) is 0. The maximum absolute atomic E-state index is 10.8. The van der Waals surface area contributed by atoms with E-state index >= 15 is 0 Å². The summed E-state index contributed by atoms with van der Waals surface area (Å²) >= 11 is 0. The van der Waals surface area contributed by atoms with Crippen molar-refractivity contribution >= 4 is 11.0 Å². The molecule has 0 spiro atoms. The highest BCUT2D eigenvalue weighted by atomic mass is 16.5. The fraction of sp³-hybridized carbons (Fsp3) is 0.438. The predicted molar refractivity (Wildman–Crippen MR) is 74.0 cm³/mol. The topological polar surface area (TPSA) is 66.4 Å². The van der Waals surface area contributed by atoms with Gasteiger partial charge in [-0.25, -0.2) is 0 Å². The van der Waals surface area contributed by atoms with E-state index in [0.29, 0.717) is 31.8 Å². The van der Waals surface area contributed by atoms with Crippen molar-refractivity contribution in [3.05, 3.63) is 35.6 Å². The molecule has 0 radical (unpaired) electrons. The highest BCUT2D eigenvalue weighted by Crippen LogP contribution is 2.45. The van der Waals surface area contributed by atoms with E-state index in [9.17, 15) is 10.4 Å². The average Bonchev–Trinajstić information content (AvgIpc) is 2.83. The van der Waals surface area contributed by atoms with Crippen molar-refractivity contribution in [1.29, 1.82) is 5.26 Å². The Morgan fingerprint density at radius 3 is 2.70 bits per heavy atom. The SMILES string of the molecule is Cc1oc2ccccc2c1C(O)C1(C#N)CCOCC1. The summed E-state index contributed by atoms with van der Waals surface area (Å²) in [4.78, 5) is 0. The van der Waals surface area contributed by atoms with E-state index < -0.39 is 11.5 Å². The van der Waals surface area contributed by atoms with Crippen LogP contribution < -0.4 is 0 Å². The van der Waals surface area contributed by atoms with Gasteiger partial charge in [-0.15, -0.1) is 0 Å². The van der Waals surface area contributed by atoms with Crippen LogP contribution in [0.3, 0.4) is 0 Å². The van der Waals surface area contributed by atoms with Gasteiger partial charge in [0.25, 0.3) is 0 Å². The van der Waals surface area contributed by atoms with E-state index in [0.717, 1.165) is 16.5 Å². The number of aliphatic hydroxyl groups is 1. The van der Waals surface area contributed by atoms with Crippen molar-refractivity contribution in [2.75, 3.05) is 13.2 Å². The summed E-state index contributed by atoms with van der Waals surface area (Å²) < 4.78 is 11.0. The summed E-state index contributed by atoms with van der Waals surface area (Å²) in [5, 5.41) is 21.3. The number of aliphatic hydroxyl groups excluding tert-OH is 1. The van der Waals surface area contributed by atoms with Gasteiger partial charge in [-0.3, -0.25) is 0 Å². The summed E-state index contributed by atoms with van der Waals surface area (Å²) in [5.41, 5.74) is 0.707. The van der Waals surface area contributed by atoms with Gasteiger partial charge >= 0.3 is 0 Å². The lowest BCUT2D eigenvalue weighted by Gasteiger charge is -2.34. The van der Waals surface area contributed by atoms with Crippen LogP contribution in [-0.4, -0.2) is 18.3 Å². The molecule has 1 unspecified atom stereocenters. The van der Waals surface area contributed by atoms with Crippen molar-refractivity contribution in [3.8, 4) is 6.07 Å². The molecule has 4 heteroatoms. The van der Waals surface area contributed by atoms with Gasteiger partial charge in [-0.1, -0.05) is 18.2 Å². The quantitative estimate of drug-likeness (QED) is 0.911. The molecule has 104 valence electrons. The number of furan rings is 1. The van der Waals surface area contributed by atoms with E-state index in [1.54, 1.807) is 0 Å².